The number of carbonyl (C=O) groups excluding carboxylic acids is 3. The molecule has 0 saturated carbocycles. The third kappa shape index (κ3) is 9.15. The van der Waals surface area contributed by atoms with E-state index >= 15 is 0 Å². The second-order valence-corrected chi connectivity index (χ2v) is 8.83. The van der Waals surface area contributed by atoms with Gasteiger partial charge in [-0.05, 0) is 63.6 Å². The molecule has 34 heavy (non-hydrogen) atoms. The number of ether oxygens (including phenoxy) is 2. The monoisotopic (exact) mass is 500 g/mol. The number of carbonyl (C=O) groups is 3. The molecular weight excluding hydrogens is 473 g/mol. The molecule has 0 aliphatic rings. The van der Waals surface area contributed by atoms with E-state index in [0.29, 0.717) is 26.2 Å². The number of nitrogens with zero attached hydrogens (tertiary/aromatic N) is 1. The van der Waals surface area contributed by atoms with Gasteiger partial charge in [0.05, 0.1) is 16.6 Å². The van der Waals surface area contributed by atoms with Crippen LogP contribution in [0.1, 0.15) is 58.4 Å². The Balaban J connectivity index is 0.00000578. The quantitative estimate of drug-likeness (QED) is 0.269. The number of hydrogen-bond donors (Lipinski definition) is 2. The van der Waals surface area contributed by atoms with Crippen LogP contribution < -0.4 is 10.0 Å². The van der Waals surface area contributed by atoms with Crippen LogP contribution in [0.2, 0.25) is 0 Å². The van der Waals surface area contributed by atoms with Crippen molar-refractivity contribution in [2.45, 2.75) is 38.2 Å². The molecular formula is C22H27N3NaO7S. The van der Waals surface area contributed by atoms with Gasteiger partial charge < -0.3 is 14.8 Å². The summed E-state index contributed by atoms with van der Waals surface area (Å²) in [5.74, 6) is -1.91. The number of rotatable bonds is 11. The van der Waals surface area contributed by atoms with E-state index in [1.54, 1.807) is 13.8 Å². The summed E-state index contributed by atoms with van der Waals surface area (Å²) in [6.45, 7) is 6.83. The number of pyridine rings is 1. The Kier molecular flexibility index (Phi) is 12.4. The molecule has 12 heteroatoms. The Morgan fingerprint density at radius 1 is 1.00 bits per heavy atom. The van der Waals surface area contributed by atoms with Crippen LogP contribution in [0.5, 0.6) is 0 Å². The molecule has 0 saturated heterocycles. The molecule has 0 fully saturated rings. The molecule has 1 aromatic heterocycles. The van der Waals surface area contributed by atoms with E-state index in [1.807, 2.05) is 11.6 Å². The molecule has 0 bridgehead atoms. The molecule has 0 aliphatic carbocycles. The largest absolute Gasteiger partial charge is 0.458 e. The Bertz CT molecular complexity index is 1070. The van der Waals surface area contributed by atoms with Gasteiger partial charge in [-0.25, -0.2) is 22.9 Å². The molecule has 2 amide bonds. The normalized spacial score (nSPS) is 10.8. The van der Waals surface area contributed by atoms with Crippen molar-refractivity contribution < 1.29 is 32.3 Å². The maximum absolute atomic E-state index is 12.5. The molecule has 0 unspecified atom stereocenters. The number of aromatic nitrogens is 1. The van der Waals surface area contributed by atoms with Crippen LogP contribution in [-0.2, 0) is 19.5 Å². The fourth-order valence-corrected chi connectivity index (χ4v) is 3.55. The van der Waals surface area contributed by atoms with Crippen molar-refractivity contribution in [3.63, 3.8) is 0 Å². The predicted octanol–water partition coefficient (Wildman–Crippen LogP) is 1.54. The summed E-state index contributed by atoms with van der Waals surface area (Å²) in [6.07, 6.45) is 1.42. The van der Waals surface area contributed by atoms with Crippen LogP contribution in [0.3, 0.4) is 0 Å². The van der Waals surface area contributed by atoms with E-state index in [4.69, 9.17) is 9.47 Å². The van der Waals surface area contributed by atoms with Gasteiger partial charge in [-0.3, -0.25) is 9.59 Å². The Hall–Kier alpha value is -2.31. The zero-order chi connectivity index (χ0) is 24.4. The van der Waals surface area contributed by atoms with Crippen molar-refractivity contribution in [2.24, 2.45) is 0 Å². The van der Waals surface area contributed by atoms with Crippen molar-refractivity contribution in [1.82, 2.24) is 15.0 Å². The average molecular weight is 501 g/mol. The molecule has 0 aliphatic heterocycles. The van der Waals surface area contributed by atoms with Gasteiger partial charge in [0.25, 0.3) is 21.8 Å². The Morgan fingerprint density at radius 2 is 1.65 bits per heavy atom. The molecule has 2 aromatic rings. The minimum absolute atomic E-state index is 0. The SMILES string of the molecule is CCOCCCNC(=O)c1ccc(S(=O)(=O)NC(=O)c2ccc(C(=O)OC(C)C)nc2)cc1.[Na]. The molecule has 2 N–H and O–H groups in total. The average Bonchev–Trinajstić information content (AvgIpc) is 2.78. The first-order valence-corrected chi connectivity index (χ1v) is 11.8. The first-order valence-electron chi connectivity index (χ1n) is 10.3. The van der Waals surface area contributed by atoms with Crippen LogP contribution in [0.4, 0.5) is 0 Å². The van der Waals surface area contributed by atoms with Gasteiger partial charge in [-0.2, -0.15) is 0 Å². The van der Waals surface area contributed by atoms with Crippen molar-refractivity contribution in [3.05, 3.63) is 59.4 Å². The zero-order valence-corrected chi connectivity index (χ0v) is 22.5. The maximum Gasteiger partial charge on any atom is 0.357 e. The number of benzene rings is 1. The summed E-state index contributed by atoms with van der Waals surface area (Å²) in [6, 6.07) is 7.71. The molecule has 1 aromatic carbocycles. The summed E-state index contributed by atoms with van der Waals surface area (Å²) in [7, 11) is -4.19. The number of sulfonamides is 1. The summed E-state index contributed by atoms with van der Waals surface area (Å²) >= 11 is 0. The van der Waals surface area contributed by atoms with Gasteiger partial charge in [0.2, 0.25) is 0 Å². The van der Waals surface area contributed by atoms with E-state index < -0.39 is 21.9 Å². The third-order valence-electron chi connectivity index (χ3n) is 4.19. The molecule has 10 nitrogen and oxygen atoms in total. The molecule has 0 spiro atoms. The second-order valence-electron chi connectivity index (χ2n) is 7.15. The van der Waals surface area contributed by atoms with Gasteiger partial charge in [0, 0.05) is 61.1 Å². The summed E-state index contributed by atoms with van der Waals surface area (Å²) in [5, 5.41) is 2.71. The first-order chi connectivity index (χ1) is 15.6. The minimum Gasteiger partial charge on any atom is -0.458 e. The Labute approximate surface area is 221 Å². The van der Waals surface area contributed by atoms with Gasteiger partial charge in [0.1, 0.15) is 5.69 Å². The van der Waals surface area contributed by atoms with Crippen molar-refractivity contribution in [3.8, 4) is 0 Å². The van der Waals surface area contributed by atoms with E-state index in [2.05, 4.69) is 10.3 Å². The van der Waals surface area contributed by atoms with Crippen molar-refractivity contribution in [2.75, 3.05) is 19.8 Å². The van der Waals surface area contributed by atoms with Gasteiger partial charge in [0.15, 0.2) is 0 Å². The molecule has 1 heterocycles. The smallest absolute Gasteiger partial charge is 0.357 e. The van der Waals surface area contributed by atoms with Gasteiger partial charge >= 0.3 is 5.97 Å². The number of hydrogen-bond acceptors (Lipinski definition) is 8. The zero-order valence-electron chi connectivity index (χ0n) is 19.7. The molecule has 0 atom stereocenters. The fraction of sp³-hybridized carbons (Fsp3) is 0.364. The predicted molar refractivity (Wildman–Crippen MR) is 125 cm³/mol. The van der Waals surface area contributed by atoms with Crippen molar-refractivity contribution in [1.29, 1.82) is 0 Å². The van der Waals surface area contributed by atoms with Crippen molar-refractivity contribution >= 4 is 57.4 Å². The van der Waals surface area contributed by atoms with Crippen LogP contribution in [0, 0.1) is 0 Å². The van der Waals surface area contributed by atoms with E-state index in [9.17, 15) is 22.8 Å². The maximum atomic E-state index is 12.5. The minimum atomic E-state index is -4.19. The molecule has 1 radical (unpaired) electrons. The van der Waals surface area contributed by atoms with Crippen LogP contribution in [0.15, 0.2) is 47.5 Å². The van der Waals surface area contributed by atoms with Gasteiger partial charge in [-0.1, -0.05) is 0 Å². The van der Waals surface area contributed by atoms with Gasteiger partial charge in [-0.15, -0.1) is 0 Å². The summed E-state index contributed by atoms with van der Waals surface area (Å²) in [5.41, 5.74) is 0.224. The van der Waals surface area contributed by atoms with Crippen LogP contribution in [-0.4, -0.2) is 86.6 Å². The topological polar surface area (TPSA) is 141 Å². The Morgan fingerprint density at radius 3 is 2.21 bits per heavy atom. The third-order valence-corrected chi connectivity index (χ3v) is 5.53. The van der Waals surface area contributed by atoms with E-state index in [1.165, 1.54) is 36.4 Å². The van der Waals surface area contributed by atoms with Crippen LogP contribution in [0.25, 0.3) is 0 Å². The molecule has 179 valence electrons. The van der Waals surface area contributed by atoms with Crippen LogP contribution >= 0.6 is 0 Å². The van der Waals surface area contributed by atoms with E-state index in [0.717, 1.165) is 6.20 Å². The second kappa shape index (κ2) is 14.2. The van der Waals surface area contributed by atoms with E-state index in [-0.39, 0.29) is 63.3 Å². The summed E-state index contributed by atoms with van der Waals surface area (Å²) < 4.78 is 37.2. The first kappa shape index (κ1) is 29.7. The number of amides is 2. The fourth-order valence-electron chi connectivity index (χ4n) is 2.57. The number of esters is 1. The summed E-state index contributed by atoms with van der Waals surface area (Å²) in [4.78, 5) is 39.9. The molecule has 2 rings (SSSR count). The number of nitrogens with one attached hydrogen (secondary N) is 2. The standard InChI is InChI=1S/C22H27N3O7S.Na/c1-4-31-13-5-12-23-20(26)16-6-9-18(10-7-16)33(29,30)25-21(27)17-8-11-19(24-14-17)22(28)32-15(2)3;/h6-11,14-15H,4-5,12-13H2,1-3H3,(H,23,26)(H,25,27);.